The van der Waals surface area contributed by atoms with E-state index in [2.05, 4.69) is 31.9 Å². The van der Waals surface area contributed by atoms with Gasteiger partial charge in [-0.05, 0) is 17.8 Å². The number of nitrogens with two attached hydrogens (primary N) is 2. The molecule has 0 rings (SSSR count). The molecule has 0 aliphatic rings. The van der Waals surface area contributed by atoms with Gasteiger partial charge in [-0.2, -0.15) is 0 Å². The molecule has 7 amide bonds. The van der Waals surface area contributed by atoms with E-state index in [1.54, 1.807) is 41.5 Å². The minimum absolute atomic E-state index is 0.283. The first-order chi connectivity index (χ1) is 24.7. The van der Waals surface area contributed by atoms with Crippen LogP contribution in [0.2, 0.25) is 0 Å². The van der Waals surface area contributed by atoms with Gasteiger partial charge in [0.25, 0.3) is 0 Å². The molecule has 0 unspecified atom stereocenters. The Morgan fingerprint density at radius 1 is 0.509 bits per heavy atom. The van der Waals surface area contributed by atoms with Crippen LogP contribution in [0, 0.1) is 17.8 Å². The van der Waals surface area contributed by atoms with Crippen LogP contribution >= 0.6 is 0 Å². The van der Waals surface area contributed by atoms with Gasteiger partial charge >= 0.3 is 11.9 Å². The van der Waals surface area contributed by atoms with Gasteiger partial charge in [-0.15, -0.1) is 0 Å². The highest BCUT2D eigenvalue weighted by atomic mass is 16.4. The molecule has 0 aromatic carbocycles. The van der Waals surface area contributed by atoms with Gasteiger partial charge in [0.15, 0.2) is 0 Å². The molecule has 302 valence electrons. The average Bonchev–Trinajstić information content (AvgIpc) is 3.10. The number of aliphatic carboxylic acids is 2. The molecule has 0 spiro atoms. The molecule has 0 heterocycles. The van der Waals surface area contributed by atoms with Gasteiger partial charge in [0.1, 0.15) is 36.3 Å². The number of carboxylic acids is 2. The average molecular weight is 761 g/mol. The van der Waals surface area contributed by atoms with Crippen molar-refractivity contribution in [3.8, 4) is 0 Å². The second-order valence-corrected chi connectivity index (χ2v) is 12.9. The molecule has 0 fully saturated rings. The maximum atomic E-state index is 13.5. The van der Waals surface area contributed by atoms with Crippen molar-refractivity contribution in [2.75, 3.05) is 13.2 Å². The summed E-state index contributed by atoms with van der Waals surface area (Å²) < 4.78 is 0. The van der Waals surface area contributed by atoms with Crippen LogP contribution in [0.1, 0.15) is 73.6 Å². The number of aliphatic hydroxyl groups is 2. The first-order valence-corrected chi connectivity index (χ1v) is 17.2. The van der Waals surface area contributed by atoms with E-state index in [-0.39, 0.29) is 6.42 Å². The molecule has 0 bridgehead atoms. The Morgan fingerprint density at radius 3 is 1.19 bits per heavy atom. The standard InChI is InChI=1S/C32H56N8O13/c1-7-14(4)23(39-28(48)19(12-41)36-26(46)17(33)10-22(44)45)30(50)35-18(11-21(34)43)27(47)38-24(15(5)8-2)31(51)37-20(13-42)29(49)40-25(32(52)53)16(6)9-3/h14-20,23-25,41-42H,7-13,33H2,1-6H3,(H2,34,43)(H,35,50)(H,36,46)(H,37,51)(H,38,47)(H,39,48)(H,40,49)(H,44,45)(H,52,53)/t14-,15-,16-,17-,18-,19-,20-,23-,24-,25-/m0/s1. The highest BCUT2D eigenvalue weighted by Crippen LogP contribution is 2.13. The number of hydrogen-bond donors (Lipinski definition) is 12. The Balaban J connectivity index is 6.17. The molecule has 0 radical (unpaired) electrons. The molecule has 14 N–H and O–H groups in total. The largest absolute Gasteiger partial charge is 0.481 e. The molecule has 0 aromatic rings. The normalized spacial score (nSPS) is 16.7. The van der Waals surface area contributed by atoms with Gasteiger partial charge in [-0.1, -0.05) is 60.8 Å². The molecule has 0 aliphatic heterocycles. The maximum absolute atomic E-state index is 13.5. The summed E-state index contributed by atoms with van der Waals surface area (Å²) in [6, 6.07) is -10.7. The number of primary amides is 1. The van der Waals surface area contributed by atoms with E-state index < -0.39 is 139 Å². The number of amides is 7. The lowest BCUT2D eigenvalue weighted by Gasteiger charge is -2.30. The zero-order valence-electron chi connectivity index (χ0n) is 30.8. The predicted octanol–water partition coefficient (Wildman–Crippen LogP) is -4.22. The topological polar surface area (TPSA) is 359 Å². The Labute approximate surface area is 307 Å². The summed E-state index contributed by atoms with van der Waals surface area (Å²) in [5.41, 5.74) is 10.9. The van der Waals surface area contributed by atoms with E-state index in [1.165, 1.54) is 0 Å². The number of carbonyl (C=O) groups excluding carboxylic acids is 7. The van der Waals surface area contributed by atoms with E-state index in [9.17, 15) is 58.5 Å². The van der Waals surface area contributed by atoms with Gasteiger partial charge in [-0.25, -0.2) is 4.79 Å². The van der Waals surface area contributed by atoms with E-state index in [0.717, 1.165) is 0 Å². The van der Waals surface area contributed by atoms with Gasteiger partial charge < -0.3 is 63.8 Å². The Morgan fingerprint density at radius 2 is 0.849 bits per heavy atom. The predicted molar refractivity (Wildman–Crippen MR) is 186 cm³/mol. The molecule has 0 aliphatic carbocycles. The van der Waals surface area contributed by atoms with Crippen LogP contribution in [0.5, 0.6) is 0 Å². The second kappa shape index (κ2) is 23.6. The van der Waals surface area contributed by atoms with E-state index in [1.807, 2.05) is 0 Å². The molecule has 0 saturated heterocycles. The summed E-state index contributed by atoms with van der Waals surface area (Å²) >= 11 is 0. The number of hydrogen-bond acceptors (Lipinski definition) is 12. The van der Waals surface area contributed by atoms with Crippen LogP contribution in [-0.2, 0) is 43.2 Å². The highest BCUT2D eigenvalue weighted by Gasteiger charge is 2.37. The van der Waals surface area contributed by atoms with Crippen molar-refractivity contribution in [1.82, 2.24) is 31.9 Å². The third-order valence-electron chi connectivity index (χ3n) is 8.76. The van der Waals surface area contributed by atoms with Crippen molar-refractivity contribution < 1.29 is 63.6 Å². The smallest absolute Gasteiger partial charge is 0.326 e. The molecule has 53 heavy (non-hydrogen) atoms. The SMILES string of the molecule is CC[C@H](C)[C@H](NC(=O)[C@H](CO)NC(=O)[C@@H](NC(=O)[C@H](CC(N)=O)NC(=O)[C@@H](NC(=O)[C@H](CO)NC(=O)[C@@H](N)CC(=O)O)[C@@H](C)CC)[C@@H](C)CC)C(=O)O. The molecular formula is C32H56N8O13. The number of aliphatic hydroxyl groups excluding tert-OH is 2. The fraction of sp³-hybridized carbons (Fsp3) is 0.719. The molecule has 0 saturated carbocycles. The van der Waals surface area contributed by atoms with Crippen LogP contribution in [0.4, 0.5) is 0 Å². The molecule has 21 nitrogen and oxygen atoms in total. The quantitative estimate of drug-likeness (QED) is 0.0420. The first-order valence-electron chi connectivity index (χ1n) is 17.2. The van der Waals surface area contributed by atoms with E-state index in [0.29, 0.717) is 12.8 Å². The summed E-state index contributed by atoms with van der Waals surface area (Å²) in [4.78, 5) is 113. The van der Waals surface area contributed by atoms with Crippen molar-refractivity contribution in [2.24, 2.45) is 29.2 Å². The zero-order valence-corrected chi connectivity index (χ0v) is 30.8. The summed E-state index contributed by atoms with van der Waals surface area (Å²) in [6.07, 6.45) is -0.559. The summed E-state index contributed by atoms with van der Waals surface area (Å²) in [5, 5.41) is 51.8. The lowest BCUT2D eigenvalue weighted by atomic mass is 9.96. The van der Waals surface area contributed by atoms with E-state index >= 15 is 0 Å². The molecule has 21 heteroatoms. The monoisotopic (exact) mass is 760 g/mol. The van der Waals surface area contributed by atoms with Crippen LogP contribution in [0.25, 0.3) is 0 Å². The van der Waals surface area contributed by atoms with Gasteiger partial charge in [0, 0.05) is 0 Å². The van der Waals surface area contributed by atoms with Crippen LogP contribution in [0.15, 0.2) is 0 Å². The number of nitrogens with one attached hydrogen (secondary N) is 6. The summed E-state index contributed by atoms with van der Waals surface area (Å²) in [6.45, 7) is 7.90. The Hall–Kier alpha value is -4.89. The summed E-state index contributed by atoms with van der Waals surface area (Å²) in [7, 11) is 0. The fourth-order valence-corrected chi connectivity index (χ4v) is 4.73. The van der Waals surface area contributed by atoms with Gasteiger partial charge in [0.2, 0.25) is 41.4 Å². The van der Waals surface area contributed by atoms with Crippen molar-refractivity contribution in [1.29, 1.82) is 0 Å². The minimum Gasteiger partial charge on any atom is -0.481 e. The second-order valence-electron chi connectivity index (χ2n) is 12.9. The van der Waals surface area contributed by atoms with Crippen molar-refractivity contribution in [3.05, 3.63) is 0 Å². The fourth-order valence-electron chi connectivity index (χ4n) is 4.73. The van der Waals surface area contributed by atoms with Crippen LogP contribution in [0.3, 0.4) is 0 Å². The van der Waals surface area contributed by atoms with Gasteiger partial charge in [0.05, 0.1) is 32.1 Å². The van der Waals surface area contributed by atoms with E-state index in [4.69, 9.17) is 16.6 Å². The number of carboxylic acid groups (broad SMARTS) is 2. The van der Waals surface area contributed by atoms with Crippen molar-refractivity contribution >= 4 is 53.3 Å². The van der Waals surface area contributed by atoms with Crippen molar-refractivity contribution in [2.45, 2.75) is 116 Å². The molecule has 0 aromatic heterocycles. The van der Waals surface area contributed by atoms with Crippen LogP contribution in [-0.4, -0.2) is 129 Å². The number of carbonyl (C=O) groups is 9. The zero-order chi connectivity index (χ0) is 41.2. The third kappa shape index (κ3) is 16.1. The molecule has 10 atom stereocenters. The third-order valence-corrected chi connectivity index (χ3v) is 8.76. The lowest BCUT2D eigenvalue weighted by Crippen LogP contribution is -2.62. The first kappa shape index (κ1) is 48.1. The van der Waals surface area contributed by atoms with Crippen molar-refractivity contribution in [3.63, 3.8) is 0 Å². The lowest BCUT2D eigenvalue weighted by molar-refractivity contribution is -0.144. The number of rotatable bonds is 25. The summed E-state index contributed by atoms with van der Waals surface area (Å²) in [5.74, 6) is -11.6. The highest BCUT2D eigenvalue weighted by molar-refractivity contribution is 5.98. The maximum Gasteiger partial charge on any atom is 0.326 e. The Bertz CT molecular complexity index is 1320. The molecular weight excluding hydrogens is 704 g/mol. The van der Waals surface area contributed by atoms with Gasteiger partial charge in [-0.3, -0.25) is 38.4 Å². The van der Waals surface area contributed by atoms with Crippen LogP contribution < -0.4 is 43.4 Å². The Kier molecular flexibility index (Phi) is 21.4. The minimum atomic E-state index is -1.70.